The maximum Gasteiger partial charge on any atom is 0.305 e. The first-order valence-corrected chi connectivity index (χ1v) is 10.6. The molecule has 1 atom stereocenters. The molecule has 0 radical (unpaired) electrons. The van der Waals surface area contributed by atoms with E-state index in [4.69, 9.17) is 9.16 Å². The highest BCUT2D eigenvalue weighted by Crippen LogP contribution is 2.19. The largest absolute Gasteiger partial charge is 0.433 e. The molecule has 2 aromatic rings. The summed E-state index contributed by atoms with van der Waals surface area (Å²) in [5, 5.41) is 2.31. The van der Waals surface area contributed by atoms with Gasteiger partial charge >= 0.3 is 5.97 Å². The molecule has 0 aromatic heterocycles. The summed E-state index contributed by atoms with van der Waals surface area (Å²) in [4.78, 5) is 11.5. The number of hydrogen-bond donors (Lipinski definition) is 0. The predicted octanol–water partition coefficient (Wildman–Crippen LogP) is 3.42. The zero-order chi connectivity index (χ0) is 19.0. The van der Waals surface area contributed by atoms with Crippen LogP contribution in [0.2, 0.25) is 0 Å². The van der Waals surface area contributed by atoms with E-state index in [-0.39, 0.29) is 11.4 Å². The number of carbonyl (C=O) groups excluding carboxylic acids is 1. The summed E-state index contributed by atoms with van der Waals surface area (Å²) in [7, 11) is -1.98. The summed E-state index contributed by atoms with van der Waals surface area (Å²) >= 11 is 0. The van der Waals surface area contributed by atoms with Crippen LogP contribution in [-0.2, 0) is 14.0 Å². The van der Waals surface area contributed by atoms with Crippen molar-refractivity contribution in [1.29, 1.82) is 0 Å². The van der Waals surface area contributed by atoms with Crippen molar-refractivity contribution in [3.05, 3.63) is 72.8 Å². The topological polar surface area (TPSA) is 35.5 Å². The van der Waals surface area contributed by atoms with Crippen LogP contribution < -0.4 is 10.4 Å². The van der Waals surface area contributed by atoms with E-state index in [1.54, 1.807) is 0 Å². The summed E-state index contributed by atoms with van der Waals surface area (Å²) in [5.41, 5.74) is 0.174. The quantitative estimate of drug-likeness (QED) is 0.325. The molecule has 0 aliphatic rings. The van der Waals surface area contributed by atoms with Gasteiger partial charge in [0.25, 0.3) is 0 Å². The second-order valence-electron chi connectivity index (χ2n) is 7.51. The van der Waals surface area contributed by atoms with Gasteiger partial charge in [0.15, 0.2) is 0 Å². The third-order valence-electron chi connectivity index (χ3n) is 3.78. The normalized spacial score (nSPS) is 13.1. The molecule has 0 saturated heterocycles. The lowest BCUT2D eigenvalue weighted by molar-refractivity contribution is -0.155. The molecule has 2 aromatic carbocycles. The van der Waals surface area contributed by atoms with E-state index >= 15 is 0 Å². The van der Waals surface area contributed by atoms with Gasteiger partial charge in [-0.05, 0) is 28.3 Å². The van der Waals surface area contributed by atoms with Crippen molar-refractivity contribution < 1.29 is 14.0 Å². The predicted molar refractivity (Wildman–Crippen MR) is 109 cm³/mol. The van der Waals surface area contributed by atoms with Crippen LogP contribution in [0, 0.1) is 5.41 Å². The van der Waals surface area contributed by atoms with Crippen LogP contribution in [0.25, 0.3) is 0 Å². The van der Waals surface area contributed by atoms with Gasteiger partial charge in [0.1, 0.15) is 0 Å². The first kappa shape index (κ1) is 20.1. The minimum absolute atomic E-state index is 0.174. The van der Waals surface area contributed by atoms with Gasteiger partial charge in [-0.1, -0.05) is 87.5 Å². The molecular weight excluding hydrogens is 340 g/mol. The number of esters is 1. The molecule has 0 fully saturated rings. The third-order valence-corrected chi connectivity index (χ3v) is 6.30. The van der Waals surface area contributed by atoms with Crippen LogP contribution in [-0.4, -0.2) is 21.3 Å². The van der Waals surface area contributed by atoms with Crippen molar-refractivity contribution >= 4 is 25.4 Å². The minimum atomic E-state index is -1.98. The van der Waals surface area contributed by atoms with Gasteiger partial charge < -0.3 is 9.16 Å². The molecule has 0 aliphatic carbocycles. The first-order valence-electron chi connectivity index (χ1n) is 8.94. The average molecular weight is 369 g/mol. The summed E-state index contributed by atoms with van der Waals surface area (Å²) in [5.74, 6) is -0.343. The number of carbonyl (C=O) groups is 1. The molecule has 0 bridgehead atoms. The van der Waals surface area contributed by atoms with Crippen molar-refractivity contribution in [3.8, 4) is 0 Å². The smallest absolute Gasteiger partial charge is 0.305 e. The first-order chi connectivity index (χ1) is 12.3. The molecule has 2 rings (SSSR count). The Morgan fingerprint density at radius 1 is 1.00 bits per heavy atom. The highest BCUT2D eigenvalue weighted by molar-refractivity contribution is 6.80. The Morgan fingerprint density at radius 2 is 1.50 bits per heavy atom. The molecule has 0 saturated carbocycles. The molecule has 0 aliphatic heterocycles. The maximum absolute atomic E-state index is 11.5. The lowest BCUT2D eigenvalue weighted by atomic mass is 9.92. The number of benzene rings is 2. The Morgan fingerprint density at radius 3 is 1.92 bits per heavy atom. The van der Waals surface area contributed by atoms with Crippen LogP contribution in [0.1, 0.15) is 34.1 Å². The van der Waals surface area contributed by atoms with Crippen LogP contribution in [0.15, 0.2) is 72.8 Å². The fourth-order valence-electron chi connectivity index (χ4n) is 2.55. The van der Waals surface area contributed by atoms with Crippen LogP contribution in [0.3, 0.4) is 0 Å². The molecular formula is C22H28O3Si. The molecule has 0 heterocycles. The van der Waals surface area contributed by atoms with Crippen LogP contribution in [0.4, 0.5) is 0 Å². The standard InChI is InChI=1S/C22H28O3Si/c1-18(23)24-21(16-11-17-22(2,3)4)25-26(19-12-7-5-8-13-19)20-14-9-6-10-15-20/h5-16,21,26H,17H2,1-4H3. The van der Waals surface area contributed by atoms with E-state index in [0.29, 0.717) is 0 Å². The lowest BCUT2D eigenvalue weighted by Crippen LogP contribution is -2.47. The second-order valence-corrected chi connectivity index (χ2v) is 9.87. The Kier molecular flexibility index (Phi) is 7.36. The molecule has 0 amide bonds. The fraction of sp³-hybridized carbons (Fsp3) is 0.318. The Bertz CT molecular complexity index is 666. The van der Waals surface area contributed by atoms with Gasteiger partial charge in [0.05, 0.1) is 0 Å². The number of allylic oxidation sites excluding steroid dienone is 1. The summed E-state index contributed by atoms with van der Waals surface area (Å²) in [6.07, 6.45) is 4.11. The van der Waals surface area contributed by atoms with Crippen molar-refractivity contribution in [2.24, 2.45) is 5.41 Å². The Hall–Kier alpha value is -2.17. The van der Waals surface area contributed by atoms with E-state index in [0.717, 1.165) is 16.8 Å². The van der Waals surface area contributed by atoms with Gasteiger partial charge in [0.2, 0.25) is 15.3 Å². The van der Waals surface area contributed by atoms with Crippen molar-refractivity contribution in [2.45, 2.75) is 40.4 Å². The van der Waals surface area contributed by atoms with Crippen LogP contribution >= 0.6 is 0 Å². The van der Waals surface area contributed by atoms with Gasteiger partial charge in [-0.3, -0.25) is 4.79 Å². The number of hydrogen-bond acceptors (Lipinski definition) is 3. The van der Waals surface area contributed by atoms with E-state index in [1.807, 2.05) is 48.6 Å². The zero-order valence-electron chi connectivity index (χ0n) is 16.0. The van der Waals surface area contributed by atoms with Gasteiger partial charge in [-0.25, -0.2) is 0 Å². The zero-order valence-corrected chi connectivity index (χ0v) is 17.2. The molecule has 0 spiro atoms. The molecule has 3 nitrogen and oxygen atoms in total. The van der Waals surface area contributed by atoms with Crippen LogP contribution in [0.5, 0.6) is 0 Å². The fourth-order valence-corrected chi connectivity index (χ4v) is 4.81. The van der Waals surface area contributed by atoms with Crippen molar-refractivity contribution in [2.75, 3.05) is 0 Å². The number of ether oxygens (including phenoxy) is 1. The SMILES string of the molecule is CC(=O)OC(C=CCC(C)(C)C)O[SiH](c1ccccc1)c1ccccc1. The Balaban J connectivity index is 2.25. The highest BCUT2D eigenvalue weighted by Gasteiger charge is 2.23. The van der Waals surface area contributed by atoms with E-state index in [9.17, 15) is 4.79 Å². The van der Waals surface area contributed by atoms with Gasteiger partial charge in [-0.15, -0.1) is 0 Å². The maximum atomic E-state index is 11.5. The summed E-state index contributed by atoms with van der Waals surface area (Å²) < 4.78 is 11.8. The molecule has 1 unspecified atom stereocenters. The van der Waals surface area contributed by atoms with Gasteiger partial charge in [0, 0.05) is 6.92 Å². The summed E-state index contributed by atoms with van der Waals surface area (Å²) in [6, 6.07) is 20.3. The molecule has 4 heteroatoms. The van der Waals surface area contributed by atoms with E-state index < -0.39 is 15.3 Å². The molecule has 0 N–H and O–H groups in total. The van der Waals surface area contributed by atoms with Gasteiger partial charge in [-0.2, -0.15) is 0 Å². The van der Waals surface area contributed by atoms with Crippen molar-refractivity contribution in [3.63, 3.8) is 0 Å². The average Bonchev–Trinajstić information content (AvgIpc) is 2.59. The monoisotopic (exact) mass is 368 g/mol. The third kappa shape index (κ3) is 6.98. The number of rotatable bonds is 7. The lowest BCUT2D eigenvalue weighted by Gasteiger charge is -2.23. The van der Waals surface area contributed by atoms with E-state index in [1.165, 1.54) is 6.92 Å². The minimum Gasteiger partial charge on any atom is -0.433 e. The summed E-state index contributed by atoms with van der Waals surface area (Å²) in [6.45, 7) is 7.93. The Labute approximate surface area is 158 Å². The molecule has 26 heavy (non-hydrogen) atoms. The highest BCUT2D eigenvalue weighted by atomic mass is 28.3. The van der Waals surface area contributed by atoms with Crippen molar-refractivity contribution in [1.82, 2.24) is 0 Å². The molecule has 138 valence electrons. The second kappa shape index (κ2) is 9.50. The van der Waals surface area contributed by atoms with E-state index in [2.05, 4.69) is 45.0 Å².